The van der Waals surface area contributed by atoms with E-state index in [9.17, 15) is 10.0 Å². The van der Waals surface area contributed by atoms with Gasteiger partial charge >= 0.3 is 5.97 Å². The summed E-state index contributed by atoms with van der Waals surface area (Å²) in [5.74, 6) is -0.244. The zero-order valence-electron chi connectivity index (χ0n) is 8.16. The van der Waals surface area contributed by atoms with E-state index in [-0.39, 0.29) is 17.8 Å². The van der Waals surface area contributed by atoms with E-state index in [1.807, 2.05) is 6.92 Å². The third-order valence-corrected chi connectivity index (χ3v) is 2.52. The Labute approximate surface area is 78.4 Å². The average molecular weight is 186 g/mol. The topological polar surface area (TPSA) is 52.6 Å². The number of esters is 1. The van der Waals surface area contributed by atoms with Gasteiger partial charge in [0.15, 0.2) is 0 Å². The summed E-state index contributed by atoms with van der Waals surface area (Å²) < 4.78 is 4.90. The fraction of sp³-hybridized carbons (Fsp3) is 0.889. The van der Waals surface area contributed by atoms with Gasteiger partial charge in [-0.25, -0.2) is 0 Å². The molecule has 76 valence electrons. The predicted octanol–water partition coefficient (Wildman–Crippen LogP) is 1.01. The highest BCUT2D eigenvalue weighted by molar-refractivity contribution is 5.73. The van der Waals surface area contributed by atoms with Crippen LogP contribution in [0.3, 0.4) is 0 Å². The van der Waals surface area contributed by atoms with E-state index in [1.54, 1.807) is 6.92 Å². The second-order valence-electron chi connectivity index (χ2n) is 3.37. The molecule has 13 heavy (non-hydrogen) atoms. The van der Waals surface area contributed by atoms with Gasteiger partial charge in [-0.2, -0.15) is 0 Å². The molecule has 1 fully saturated rings. The van der Waals surface area contributed by atoms with E-state index < -0.39 is 0 Å². The van der Waals surface area contributed by atoms with Gasteiger partial charge in [-0.15, -0.1) is 0 Å². The first kappa shape index (κ1) is 10.5. The fourth-order valence-corrected chi connectivity index (χ4v) is 1.76. The first-order valence-electron chi connectivity index (χ1n) is 4.77. The minimum absolute atomic E-state index is 0.177. The van der Waals surface area contributed by atoms with Gasteiger partial charge < -0.3 is 15.0 Å². The van der Waals surface area contributed by atoms with E-state index in [0.29, 0.717) is 19.7 Å². The van der Waals surface area contributed by atoms with Gasteiger partial charge in [-0.05, 0) is 25.9 Å². The lowest BCUT2D eigenvalue weighted by molar-refractivity contribution is -0.148. The molecular formula is C9H16NO3-. The number of ether oxygens (including phenoxy) is 1. The van der Waals surface area contributed by atoms with Crippen molar-refractivity contribution in [3.05, 3.63) is 5.21 Å². The predicted molar refractivity (Wildman–Crippen MR) is 48.8 cm³/mol. The molecule has 2 atom stereocenters. The van der Waals surface area contributed by atoms with E-state index in [2.05, 4.69) is 0 Å². The molecule has 0 aliphatic carbocycles. The van der Waals surface area contributed by atoms with Gasteiger partial charge in [-0.3, -0.25) is 4.79 Å². The van der Waals surface area contributed by atoms with Crippen molar-refractivity contribution in [2.24, 2.45) is 11.8 Å². The van der Waals surface area contributed by atoms with E-state index in [0.717, 1.165) is 11.5 Å². The molecule has 1 aliphatic rings. The molecule has 2 unspecified atom stereocenters. The van der Waals surface area contributed by atoms with Crippen LogP contribution in [0.4, 0.5) is 0 Å². The number of nitrogens with zero attached hydrogens (tertiary/aromatic N) is 1. The Hall–Kier alpha value is -0.610. The highest BCUT2D eigenvalue weighted by Crippen LogP contribution is 2.26. The molecule has 0 bridgehead atoms. The minimum Gasteiger partial charge on any atom is -0.785 e. The second-order valence-corrected chi connectivity index (χ2v) is 3.37. The normalized spacial score (nSPS) is 29.2. The summed E-state index contributed by atoms with van der Waals surface area (Å²) in [6.45, 7) is 4.95. The highest BCUT2D eigenvalue weighted by Gasteiger charge is 2.33. The molecule has 1 aliphatic heterocycles. The Morgan fingerprint density at radius 2 is 2.23 bits per heavy atom. The zero-order valence-corrected chi connectivity index (χ0v) is 8.16. The molecule has 4 heteroatoms. The van der Waals surface area contributed by atoms with Crippen LogP contribution in [-0.4, -0.2) is 30.7 Å². The third kappa shape index (κ3) is 2.42. The summed E-state index contributed by atoms with van der Waals surface area (Å²) in [5, 5.41) is 12.0. The van der Waals surface area contributed by atoms with Crippen LogP contribution in [0.25, 0.3) is 0 Å². The first-order chi connectivity index (χ1) is 6.19. The molecule has 0 radical (unpaired) electrons. The number of rotatable bonds is 3. The SMILES string of the molecule is CCOC(=O)C1CN([O-])CC1CC. The van der Waals surface area contributed by atoms with Crippen LogP contribution < -0.4 is 0 Å². The molecule has 1 rings (SSSR count). The van der Waals surface area contributed by atoms with Crippen molar-refractivity contribution in [3.63, 3.8) is 0 Å². The summed E-state index contributed by atoms with van der Waals surface area (Å²) in [4.78, 5) is 11.4. The third-order valence-electron chi connectivity index (χ3n) is 2.52. The molecule has 0 N–H and O–H groups in total. The fourth-order valence-electron chi connectivity index (χ4n) is 1.76. The largest absolute Gasteiger partial charge is 0.785 e. The van der Waals surface area contributed by atoms with Crippen LogP contribution in [-0.2, 0) is 9.53 Å². The van der Waals surface area contributed by atoms with Crippen LogP contribution in [0.15, 0.2) is 0 Å². The summed E-state index contributed by atoms with van der Waals surface area (Å²) in [7, 11) is 0. The van der Waals surface area contributed by atoms with Crippen molar-refractivity contribution in [2.45, 2.75) is 20.3 Å². The van der Waals surface area contributed by atoms with Crippen LogP contribution in [0.5, 0.6) is 0 Å². The zero-order chi connectivity index (χ0) is 9.84. The molecule has 0 aromatic carbocycles. The maximum Gasteiger partial charge on any atom is 0.310 e. The smallest absolute Gasteiger partial charge is 0.310 e. The first-order valence-corrected chi connectivity index (χ1v) is 4.77. The lowest BCUT2D eigenvalue weighted by atomic mass is 9.94. The Bertz CT molecular complexity index is 184. The van der Waals surface area contributed by atoms with Crippen molar-refractivity contribution in [2.75, 3.05) is 19.7 Å². The van der Waals surface area contributed by atoms with E-state index in [4.69, 9.17) is 4.74 Å². The average Bonchev–Trinajstić information content (AvgIpc) is 2.47. The van der Waals surface area contributed by atoms with Gasteiger partial charge in [0.1, 0.15) is 0 Å². The number of carbonyl (C=O) groups is 1. The minimum atomic E-state index is -0.215. The van der Waals surface area contributed by atoms with E-state index >= 15 is 0 Å². The molecule has 0 amide bonds. The van der Waals surface area contributed by atoms with Crippen molar-refractivity contribution in [1.82, 2.24) is 5.06 Å². The lowest BCUT2D eigenvalue weighted by Crippen LogP contribution is -2.24. The summed E-state index contributed by atoms with van der Waals surface area (Å²) >= 11 is 0. The molecule has 1 saturated heterocycles. The van der Waals surface area contributed by atoms with Crippen LogP contribution in [0.1, 0.15) is 20.3 Å². The quantitative estimate of drug-likeness (QED) is 0.617. The molecule has 0 aromatic heterocycles. The monoisotopic (exact) mass is 186 g/mol. The van der Waals surface area contributed by atoms with E-state index in [1.165, 1.54) is 0 Å². The van der Waals surface area contributed by atoms with Gasteiger partial charge in [0.25, 0.3) is 0 Å². The Morgan fingerprint density at radius 1 is 1.54 bits per heavy atom. The Morgan fingerprint density at radius 3 is 2.77 bits per heavy atom. The summed E-state index contributed by atoms with van der Waals surface area (Å²) in [5.41, 5.74) is 0. The number of carbonyl (C=O) groups excluding carboxylic acids is 1. The van der Waals surface area contributed by atoms with Gasteiger partial charge in [0, 0.05) is 0 Å². The summed E-state index contributed by atoms with van der Waals surface area (Å²) in [6.07, 6.45) is 0.863. The molecule has 0 spiro atoms. The van der Waals surface area contributed by atoms with Gasteiger partial charge in [0.2, 0.25) is 0 Å². The summed E-state index contributed by atoms with van der Waals surface area (Å²) in [6, 6.07) is 0. The van der Waals surface area contributed by atoms with Gasteiger partial charge in [-0.1, -0.05) is 13.3 Å². The number of hydroxylamine groups is 2. The van der Waals surface area contributed by atoms with Crippen LogP contribution >= 0.6 is 0 Å². The standard InChI is InChI=1S/C9H16NO3/c1-3-7-5-10(12)6-8(7)9(11)13-4-2/h7-8H,3-6H2,1-2H3/q-1. The van der Waals surface area contributed by atoms with Crippen molar-refractivity contribution < 1.29 is 9.53 Å². The van der Waals surface area contributed by atoms with Crippen LogP contribution in [0.2, 0.25) is 0 Å². The molecule has 4 nitrogen and oxygen atoms in total. The lowest BCUT2D eigenvalue weighted by Gasteiger charge is -2.20. The Balaban J connectivity index is 2.52. The second kappa shape index (κ2) is 4.58. The molecule has 0 saturated carbocycles. The van der Waals surface area contributed by atoms with Crippen LogP contribution in [0, 0.1) is 17.0 Å². The van der Waals surface area contributed by atoms with Gasteiger partial charge in [0.05, 0.1) is 12.5 Å². The van der Waals surface area contributed by atoms with Crippen molar-refractivity contribution >= 4 is 5.97 Å². The van der Waals surface area contributed by atoms with Crippen molar-refractivity contribution in [3.8, 4) is 0 Å². The maximum absolute atomic E-state index is 11.4. The Kier molecular flexibility index (Phi) is 3.69. The van der Waals surface area contributed by atoms with Crippen molar-refractivity contribution in [1.29, 1.82) is 0 Å². The molecule has 0 aromatic rings. The highest BCUT2D eigenvalue weighted by atomic mass is 16.5. The molecular weight excluding hydrogens is 170 g/mol. The number of hydrogen-bond donors (Lipinski definition) is 0. The molecule has 1 heterocycles. The number of hydrogen-bond acceptors (Lipinski definition) is 4. The maximum atomic E-state index is 11.4.